The van der Waals surface area contributed by atoms with Crippen LogP contribution in [0.5, 0.6) is 0 Å². The molecule has 1 aromatic rings. The quantitative estimate of drug-likeness (QED) is 0.169. The van der Waals surface area contributed by atoms with E-state index in [1.807, 2.05) is 0 Å². The Morgan fingerprint density at radius 2 is 0.958 bits per heavy atom. The van der Waals surface area contributed by atoms with Gasteiger partial charge in [-0.25, -0.2) is 4.57 Å². The molecule has 0 spiro atoms. The van der Waals surface area contributed by atoms with Crippen LogP contribution in [0.25, 0.3) is 0 Å². The summed E-state index contributed by atoms with van der Waals surface area (Å²) in [6.07, 6.45) is 24.4. The van der Waals surface area contributed by atoms with Gasteiger partial charge in [-0.3, -0.25) is 0 Å². The first-order chi connectivity index (χ1) is 11.9. The van der Waals surface area contributed by atoms with Crippen molar-refractivity contribution in [3.05, 3.63) is 30.6 Å². The van der Waals surface area contributed by atoms with Gasteiger partial charge >= 0.3 is 25.2 Å². The standard InChI is InChI=1S/C21H38N.ClH.Mn/c1-2-3-4-5-6-7-8-9-10-11-12-13-14-16-19-22-20-17-15-18-21-22;;/h15,17-18,20-21H,2-14,16,19H2,1H3;1H;/q+1;;+1/p-1. The van der Waals surface area contributed by atoms with Crippen molar-refractivity contribution in [3.8, 4) is 0 Å². The van der Waals surface area contributed by atoms with Crippen LogP contribution in [-0.4, -0.2) is 0 Å². The predicted molar refractivity (Wildman–Crippen MR) is 103 cm³/mol. The Labute approximate surface area is 163 Å². The van der Waals surface area contributed by atoms with Gasteiger partial charge in [0.25, 0.3) is 0 Å². The van der Waals surface area contributed by atoms with E-state index in [0.29, 0.717) is 0 Å². The van der Waals surface area contributed by atoms with Crippen LogP contribution in [0.4, 0.5) is 0 Å². The Morgan fingerprint density at radius 3 is 1.38 bits per heavy atom. The van der Waals surface area contributed by atoms with Crippen LogP contribution in [-0.2, 0) is 21.6 Å². The average Bonchev–Trinajstić information content (AvgIpc) is 2.64. The molecular formula is C21H38ClMnN+. The van der Waals surface area contributed by atoms with Gasteiger partial charge in [-0.15, -0.1) is 0 Å². The molecular weight excluding hydrogens is 357 g/mol. The van der Waals surface area contributed by atoms with Gasteiger partial charge in [0.05, 0.1) is 0 Å². The van der Waals surface area contributed by atoms with Crippen LogP contribution in [0.3, 0.4) is 0 Å². The fourth-order valence-corrected chi connectivity index (χ4v) is 3.07. The van der Waals surface area contributed by atoms with Gasteiger partial charge in [-0.1, -0.05) is 90.0 Å². The summed E-state index contributed by atoms with van der Waals surface area (Å²) in [5.74, 6) is 0. The van der Waals surface area contributed by atoms with E-state index in [1.165, 1.54) is 96.4 Å². The molecule has 0 atom stereocenters. The van der Waals surface area contributed by atoms with Crippen LogP contribution < -0.4 is 4.57 Å². The number of aryl methyl sites for hydroxylation is 1. The molecule has 140 valence electrons. The van der Waals surface area contributed by atoms with Crippen molar-refractivity contribution in [3.63, 3.8) is 0 Å². The van der Waals surface area contributed by atoms with Gasteiger partial charge in [-0.05, 0) is 6.42 Å². The monoisotopic (exact) mass is 394 g/mol. The van der Waals surface area contributed by atoms with Crippen LogP contribution >= 0.6 is 10.1 Å². The van der Waals surface area contributed by atoms with E-state index in [9.17, 15) is 0 Å². The van der Waals surface area contributed by atoms with E-state index in [4.69, 9.17) is 0 Å². The molecule has 0 saturated carbocycles. The van der Waals surface area contributed by atoms with E-state index in [0.717, 1.165) is 0 Å². The molecule has 1 heterocycles. The second-order valence-corrected chi connectivity index (χ2v) is 6.71. The maximum atomic E-state index is 4.45. The van der Waals surface area contributed by atoms with Crippen molar-refractivity contribution in [1.29, 1.82) is 0 Å². The maximum absolute atomic E-state index is 4.45. The fraction of sp³-hybridized carbons (Fsp3) is 0.762. The Bertz CT molecular complexity index is 332. The van der Waals surface area contributed by atoms with Crippen LogP contribution in [0.15, 0.2) is 30.6 Å². The first-order valence-corrected chi connectivity index (χ1v) is 11.6. The van der Waals surface area contributed by atoms with Crippen molar-refractivity contribution in [2.45, 2.75) is 103 Å². The number of nitrogens with zero attached hydrogens (tertiary/aromatic N) is 1. The van der Waals surface area contributed by atoms with E-state index < -0.39 is 0 Å². The molecule has 0 unspecified atom stereocenters. The molecule has 0 aliphatic rings. The molecule has 0 aliphatic carbocycles. The van der Waals surface area contributed by atoms with Crippen molar-refractivity contribution in [2.75, 3.05) is 0 Å². The number of pyridine rings is 1. The van der Waals surface area contributed by atoms with Gasteiger partial charge in [0, 0.05) is 18.6 Å². The first-order valence-electron chi connectivity index (χ1n) is 10.0. The summed E-state index contributed by atoms with van der Waals surface area (Å²) in [6, 6.07) is 6.31. The normalized spacial score (nSPS) is 10.3. The molecule has 1 rings (SSSR count). The van der Waals surface area contributed by atoms with E-state index in [2.05, 4.69) is 67.3 Å². The average molecular weight is 395 g/mol. The van der Waals surface area contributed by atoms with Crippen molar-refractivity contribution < 1.29 is 19.7 Å². The fourth-order valence-electron chi connectivity index (χ4n) is 3.07. The molecule has 1 nitrogen and oxygen atoms in total. The van der Waals surface area contributed by atoms with Gasteiger partial charge in [0.15, 0.2) is 12.4 Å². The minimum atomic E-state index is 1.18. The number of hydrogen-bond acceptors (Lipinski definition) is 0. The Kier molecular flexibility index (Phi) is 21.0. The number of hydrogen-bond donors (Lipinski definition) is 0. The summed E-state index contributed by atoms with van der Waals surface area (Å²) in [6.45, 7) is 3.47. The van der Waals surface area contributed by atoms with Crippen molar-refractivity contribution >= 4 is 10.1 Å². The van der Waals surface area contributed by atoms with E-state index in [-0.39, 0.29) is 0 Å². The topological polar surface area (TPSA) is 3.88 Å². The van der Waals surface area contributed by atoms with Crippen molar-refractivity contribution in [1.82, 2.24) is 0 Å². The summed E-state index contributed by atoms with van der Waals surface area (Å²) in [5.41, 5.74) is 0. The third kappa shape index (κ3) is 16.8. The van der Waals surface area contributed by atoms with Gasteiger partial charge in [-0.2, -0.15) is 0 Å². The van der Waals surface area contributed by atoms with Crippen LogP contribution in [0.1, 0.15) is 96.8 Å². The number of unbranched alkanes of at least 4 members (excludes halogenated alkanes) is 13. The number of rotatable bonds is 15. The number of halogens is 1. The molecule has 3 heteroatoms. The summed E-state index contributed by atoms with van der Waals surface area (Å²) < 4.78 is 2.29. The molecule has 0 N–H and O–H groups in total. The summed E-state index contributed by atoms with van der Waals surface area (Å²) in [5, 5.41) is 0. The van der Waals surface area contributed by atoms with E-state index >= 15 is 0 Å². The molecule has 0 radical (unpaired) electrons. The number of aromatic nitrogens is 1. The summed E-state index contributed by atoms with van der Waals surface area (Å²) in [7, 11) is 4.45. The Hall–Kier alpha value is -0.0405. The third-order valence-electron chi connectivity index (χ3n) is 4.55. The van der Waals surface area contributed by atoms with E-state index in [1.54, 1.807) is 0 Å². The third-order valence-corrected chi connectivity index (χ3v) is 4.55. The van der Waals surface area contributed by atoms with Gasteiger partial charge in [0.1, 0.15) is 6.54 Å². The zero-order valence-electron chi connectivity index (χ0n) is 15.7. The zero-order valence-corrected chi connectivity index (χ0v) is 17.6. The Morgan fingerprint density at radius 1 is 0.583 bits per heavy atom. The first kappa shape index (κ1) is 24.0. The molecule has 1 aromatic heterocycles. The molecule has 0 bridgehead atoms. The van der Waals surface area contributed by atoms with Gasteiger partial charge in [0.2, 0.25) is 0 Å². The molecule has 0 saturated heterocycles. The molecule has 0 aliphatic heterocycles. The van der Waals surface area contributed by atoms with Crippen LogP contribution in [0, 0.1) is 0 Å². The minimum absolute atomic E-state index is 1.18. The molecule has 24 heavy (non-hydrogen) atoms. The van der Waals surface area contributed by atoms with Crippen LogP contribution in [0.2, 0.25) is 0 Å². The molecule has 0 amide bonds. The second-order valence-electron chi connectivity index (χ2n) is 6.71. The van der Waals surface area contributed by atoms with Crippen molar-refractivity contribution in [2.24, 2.45) is 0 Å². The molecule has 0 aromatic carbocycles. The summed E-state index contributed by atoms with van der Waals surface area (Å²) >= 11 is 2.41. The zero-order chi connectivity index (χ0) is 17.7. The SMILES string of the molecule is CCCCCCCCCCCCCCCC[n+]1ccccc1.[Cl][Mn]. The molecule has 0 fully saturated rings. The predicted octanol–water partition coefficient (Wildman–Crippen LogP) is 7.14. The summed E-state index contributed by atoms with van der Waals surface area (Å²) in [4.78, 5) is 0. The Balaban J connectivity index is 0.00000254. The second kappa shape index (κ2) is 21.0. The van der Waals surface area contributed by atoms with Gasteiger partial charge < -0.3 is 0 Å².